The lowest BCUT2D eigenvalue weighted by atomic mass is 10.1. The smallest absolute Gasteiger partial charge is 0.168 e. The zero-order valence-corrected chi connectivity index (χ0v) is 18.1. The molecular formula is C23H29FN6O. The average Bonchev–Trinajstić information content (AvgIpc) is 3.26. The number of nitrogens with zero attached hydrogens (tertiary/aromatic N) is 6. The van der Waals surface area contributed by atoms with Gasteiger partial charge in [-0.05, 0) is 46.7 Å². The highest BCUT2D eigenvalue weighted by atomic mass is 19.1. The van der Waals surface area contributed by atoms with Crippen molar-refractivity contribution in [1.82, 2.24) is 25.1 Å². The van der Waals surface area contributed by atoms with Crippen LogP contribution in [0.25, 0.3) is 0 Å². The molecule has 1 fully saturated rings. The van der Waals surface area contributed by atoms with E-state index in [1.165, 1.54) is 6.07 Å². The summed E-state index contributed by atoms with van der Waals surface area (Å²) in [5.41, 5.74) is 1.80. The van der Waals surface area contributed by atoms with E-state index in [-0.39, 0.29) is 11.9 Å². The highest BCUT2D eigenvalue weighted by Crippen LogP contribution is 2.28. The van der Waals surface area contributed by atoms with Gasteiger partial charge in [0.15, 0.2) is 5.82 Å². The molecule has 0 aliphatic carbocycles. The van der Waals surface area contributed by atoms with Gasteiger partial charge in [-0.15, -0.1) is 5.10 Å². The molecule has 164 valence electrons. The first-order valence-corrected chi connectivity index (χ1v) is 10.8. The van der Waals surface area contributed by atoms with Crippen LogP contribution in [0.1, 0.15) is 37.2 Å². The van der Waals surface area contributed by atoms with E-state index in [9.17, 15) is 4.39 Å². The lowest BCUT2D eigenvalue weighted by molar-refractivity contribution is 0.164. The Hall–Kier alpha value is -3.00. The molecule has 8 heteroatoms. The van der Waals surface area contributed by atoms with E-state index in [4.69, 9.17) is 4.74 Å². The van der Waals surface area contributed by atoms with Crippen LogP contribution in [0.2, 0.25) is 0 Å². The van der Waals surface area contributed by atoms with Crippen LogP contribution in [0.4, 0.5) is 10.1 Å². The van der Waals surface area contributed by atoms with E-state index >= 15 is 0 Å². The number of para-hydroxylation sites is 1. The summed E-state index contributed by atoms with van der Waals surface area (Å²) in [7, 11) is 1.66. The minimum absolute atomic E-state index is 0.140. The number of methoxy groups -OCH3 is 1. The summed E-state index contributed by atoms with van der Waals surface area (Å²) < 4.78 is 21.3. The van der Waals surface area contributed by atoms with Crippen LogP contribution in [0.5, 0.6) is 5.75 Å². The molecule has 2 aromatic carbocycles. The van der Waals surface area contributed by atoms with Crippen molar-refractivity contribution in [2.45, 2.75) is 32.4 Å². The normalized spacial score (nSPS) is 15.8. The number of rotatable bonds is 8. The summed E-state index contributed by atoms with van der Waals surface area (Å²) in [6, 6.07) is 15.1. The zero-order valence-electron chi connectivity index (χ0n) is 18.1. The van der Waals surface area contributed by atoms with Crippen molar-refractivity contribution < 1.29 is 9.13 Å². The Morgan fingerprint density at radius 2 is 1.77 bits per heavy atom. The minimum Gasteiger partial charge on any atom is -0.497 e. The lowest BCUT2D eigenvalue weighted by Gasteiger charge is -2.39. The van der Waals surface area contributed by atoms with E-state index in [0.29, 0.717) is 12.2 Å². The Morgan fingerprint density at radius 1 is 1.03 bits per heavy atom. The Morgan fingerprint density at radius 3 is 2.45 bits per heavy atom. The van der Waals surface area contributed by atoms with Crippen LogP contribution in [0.15, 0.2) is 48.5 Å². The fraction of sp³-hybridized carbons (Fsp3) is 0.435. The van der Waals surface area contributed by atoms with Gasteiger partial charge in [0.1, 0.15) is 11.6 Å². The van der Waals surface area contributed by atoms with Crippen molar-refractivity contribution in [3.63, 3.8) is 0 Å². The van der Waals surface area contributed by atoms with Crippen LogP contribution in [0.3, 0.4) is 0 Å². The fourth-order valence-corrected chi connectivity index (χ4v) is 4.20. The number of benzene rings is 2. The quantitative estimate of drug-likeness (QED) is 0.551. The fourth-order valence-electron chi connectivity index (χ4n) is 4.20. The first kappa shape index (κ1) is 21.2. The van der Waals surface area contributed by atoms with Crippen LogP contribution in [-0.4, -0.2) is 58.4 Å². The van der Waals surface area contributed by atoms with Gasteiger partial charge < -0.3 is 9.64 Å². The number of hydrogen-bond acceptors (Lipinski definition) is 6. The number of anilines is 1. The van der Waals surface area contributed by atoms with Crippen molar-refractivity contribution in [2.24, 2.45) is 0 Å². The maximum Gasteiger partial charge on any atom is 0.168 e. The van der Waals surface area contributed by atoms with Gasteiger partial charge in [-0.1, -0.05) is 37.6 Å². The molecule has 1 aromatic heterocycles. The number of aromatic nitrogens is 4. The van der Waals surface area contributed by atoms with Crippen LogP contribution < -0.4 is 9.64 Å². The number of ether oxygens (including phenoxy) is 1. The third-order valence-corrected chi connectivity index (χ3v) is 5.86. The van der Waals surface area contributed by atoms with Gasteiger partial charge in [0.25, 0.3) is 0 Å². The van der Waals surface area contributed by atoms with Gasteiger partial charge in [-0.3, -0.25) is 4.90 Å². The molecule has 1 atom stereocenters. The van der Waals surface area contributed by atoms with E-state index in [1.807, 2.05) is 41.1 Å². The molecular weight excluding hydrogens is 395 g/mol. The van der Waals surface area contributed by atoms with Gasteiger partial charge in [-0.2, -0.15) is 0 Å². The predicted octanol–water partition coefficient (Wildman–Crippen LogP) is 3.53. The third-order valence-electron chi connectivity index (χ3n) is 5.86. The van der Waals surface area contributed by atoms with Crippen molar-refractivity contribution in [3.8, 4) is 5.75 Å². The van der Waals surface area contributed by atoms with Gasteiger partial charge in [0, 0.05) is 26.2 Å². The molecule has 0 radical (unpaired) electrons. The second-order valence-electron chi connectivity index (χ2n) is 7.82. The Kier molecular flexibility index (Phi) is 6.76. The molecule has 7 nitrogen and oxygen atoms in total. The number of piperazine rings is 1. The SMILES string of the molecule is CCC[C@@H](c1nnnn1Cc1ccc(OC)cc1)N1CCN(c2ccccc2F)CC1. The molecule has 0 N–H and O–H groups in total. The molecule has 0 unspecified atom stereocenters. The highest BCUT2D eigenvalue weighted by Gasteiger charge is 2.29. The maximum absolute atomic E-state index is 14.2. The van der Waals surface area contributed by atoms with Crippen LogP contribution in [0, 0.1) is 5.82 Å². The Bertz CT molecular complexity index is 968. The second kappa shape index (κ2) is 9.87. The monoisotopic (exact) mass is 424 g/mol. The van der Waals surface area contributed by atoms with Crippen molar-refractivity contribution in [3.05, 3.63) is 65.7 Å². The molecule has 3 aromatic rings. The van der Waals surface area contributed by atoms with Gasteiger partial charge >= 0.3 is 0 Å². The lowest BCUT2D eigenvalue weighted by Crippen LogP contribution is -2.48. The molecule has 4 rings (SSSR count). The van der Waals surface area contributed by atoms with Crippen molar-refractivity contribution >= 4 is 5.69 Å². The largest absolute Gasteiger partial charge is 0.497 e. The average molecular weight is 425 g/mol. The molecule has 1 aliphatic heterocycles. The molecule has 1 saturated heterocycles. The maximum atomic E-state index is 14.2. The van der Waals surface area contributed by atoms with Crippen molar-refractivity contribution in [2.75, 3.05) is 38.2 Å². The first-order valence-electron chi connectivity index (χ1n) is 10.8. The van der Waals surface area contributed by atoms with Crippen LogP contribution in [-0.2, 0) is 6.54 Å². The van der Waals surface area contributed by atoms with Gasteiger partial charge in [-0.25, -0.2) is 9.07 Å². The van der Waals surface area contributed by atoms with Gasteiger partial charge in [0.05, 0.1) is 25.4 Å². The molecule has 0 bridgehead atoms. The number of tetrazole rings is 1. The molecule has 0 amide bonds. The minimum atomic E-state index is -0.163. The van der Waals surface area contributed by atoms with E-state index in [1.54, 1.807) is 13.2 Å². The summed E-state index contributed by atoms with van der Waals surface area (Å²) in [5.74, 6) is 1.55. The number of hydrogen-bond donors (Lipinski definition) is 0. The second-order valence-corrected chi connectivity index (χ2v) is 7.82. The highest BCUT2D eigenvalue weighted by molar-refractivity contribution is 5.48. The Balaban J connectivity index is 1.47. The summed E-state index contributed by atoms with van der Waals surface area (Å²) in [5, 5.41) is 12.6. The van der Waals surface area contributed by atoms with Crippen molar-refractivity contribution in [1.29, 1.82) is 0 Å². The molecule has 31 heavy (non-hydrogen) atoms. The Labute approximate surface area is 182 Å². The number of halogens is 1. The standard InChI is InChI=1S/C23H29FN6O/c1-3-6-22(29-15-13-28(14-16-29)21-8-5-4-7-20(21)24)23-25-26-27-30(23)17-18-9-11-19(31-2)12-10-18/h4-5,7-12,22H,3,6,13-17H2,1-2H3/t22-/m0/s1. The summed E-state index contributed by atoms with van der Waals surface area (Å²) in [6.07, 6.45) is 2.01. The summed E-state index contributed by atoms with van der Waals surface area (Å²) in [6.45, 7) is 6.03. The third kappa shape index (κ3) is 4.85. The van der Waals surface area contributed by atoms with E-state index < -0.39 is 0 Å². The van der Waals surface area contributed by atoms with Gasteiger partial charge in [0.2, 0.25) is 0 Å². The first-order chi connectivity index (χ1) is 15.2. The topological polar surface area (TPSA) is 59.3 Å². The van der Waals surface area contributed by atoms with E-state index in [2.05, 4.69) is 32.2 Å². The molecule has 0 spiro atoms. The molecule has 0 saturated carbocycles. The summed E-state index contributed by atoms with van der Waals surface area (Å²) >= 11 is 0. The van der Waals surface area contributed by atoms with E-state index in [0.717, 1.165) is 56.2 Å². The molecule has 1 aliphatic rings. The zero-order chi connectivity index (χ0) is 21.6. The predicted molar refractivity (Wildman–Crippen MR) is 118 cm³/mol. The molecule has 2 heterocycles. The summed E-state index contributed by atoms with van der Waals surface area (Å²) in [4.78, 5) is 4.55. The van der Waals surface area contributed by atoms with Crippen LogP contribution >= 0.6 is 0 Å².